The summed E-state index contributed by atoms with van der Waals surface area (Å²) in [5.74, 6) is 1.02. The first-order chi connectivity index (χ1) is 13.2. The maximum atomic E-state index is 13.5. The number of fused-ring (bicyclic) bond motifs is 9. The zero-order chi connectivity index (χ0) is 19.8. The van der Waals surface area contributed by atoms with Crippen LogP contribution >= 0.6 is 0 Å². The molecule has 4 unspecified atom stereocenters. The lowest BCUT2D eigenvalue weighted by Gasteiger charge is -2.59. The van der Waals surface area contributed by atoms with Crippen molar-refractivity contribution >= 4 is 0 Å². The average molecular weight is 397 g/mol. The average Bonchev–Trinajstić information content (AvgIpc) is 2.86. The smallest absolute Gasteiger partial charge is 0.269 e. The lowest BCUT2D eigenvalue weighted by molar-refractivity contribution is -0.162. The summed E-state index contributed by atoms with van der Waals surface area (Å²) in [5, 5.41) is 10.4. The molecular weight excluding hydrogens is 362 g/mol. The van der Waals surface area contributed by atoms with Crippen LogP contribution in [0.4, 0.5) is 8.78 Å². The lowest BCUT2D eigenvalue weighted by Crippen LogP contribution is -2.60. The zero-order valence-corrected chi connectivity index (χ0v) is 17.3. The number of aliphatic hydroxyl groups excluding tert-OH is 1. The Labute approximate surface area is 166 Å². The van der Waals surface area contributed by atoms with Gasteiger partial charge in [-0.2, -0.15) is 8.78 Å². The number of rotatable bonds is 0. The van der Waals surface area contributed by atoms with E-state index in [0.29, 0.717) is 29.7 Å². The second kappa shape index (κ2) is 6.49. The summed E-state index contributed by atoms with van der Waals surface area (Å²) in [6.07, 6.45) is 5.12. The van der Waals surface area contributed by atoms with Gasteiger partial charge in [0.15, 0.2) is 5.79 Å². The Bertz CT molecular complexity index is 673. The fraction of sp³-hybridized carbons (Fsp3) is 0.913. The molecule has 4 saturated carbocycles. The first-order valence-corrected chi connectivity index (χ1v) is 11.3. The van der Waals surface area contributed by atoms with Crippen molar-refractivity contribution in [1.29, 1.82) is 0 Å². The van der Waals surface area contributed by atoms with Crippen molar-refractivity contribution in [2.24, 2.45) is 35.0 Å². The van der Waals surface area contributed by atoms with Gasteiger partial charge in [0, 0.05) is 0 Å². The highest BCUT2D eigenvalue weighted by molar-refractivity contribution is 5.17. The van der Waals surface area contributed by atoms with Crippen LogP contribution in [0.2, 0.25) is 0 Å². The van der Waals surface area contributed by atoms with Gasteiger partial charge in [0.25, 0.3) is 6.08 Å². The van der Waals surface area contributed by atoms with Gasteiger partial charge in [-0.25, -0.2) is 0 Å². The molecule has 5 rings (SSSR count). The Balaban J connectivity index is 1.56. The minimum Gasteiger partial charge on any atom is -0.393 e. The third-order valence-corrected chi connectivity index (χ3v) is 9.12. The van der Waals surface area contributed by atoms with Crippen molar-refractivity contribution in [3.8, 4) is 0 Å². The maximum absolute atomic E-state index is 13.5. The third kappa shape index (κ3) is 2.83. The zero-order valence-electron chi connectivity index (χ0n) is 17.3. The molecule has 0 spiro atoms. The van der Waals surface area contributed by atoms with Crippen LogP contribution in [-0.4, -0.2) is 29.2 Å². The summed E-state index contributed by atoms with van der Waals surface area (Å²) in [7, 11) is 0. The van der Waals surface area contributed by atoms with Crippen LogP contribution in [-0.2, 0) is 9.47 Å². The number of aliphatic hydroxyl groups is 1. The van der Waals surface area contributed by atoms with Gasteiger partial charge in [-0.05, 0) is 106 Å². The summed E-state index contributed by atoms with van der Waals surface area (Å²) in [5.41, 5.74) is 0.529. The highest BCUT2D eigenvalue weighted by atomic mass is 19.3. The fourth-order valence-corrected chi connectivity index (χ4v) is 7.97. The van der Waals surface area contributed by atoms with E-state index >= 15 is 0 Å². The molecule has 1 aliphatic heterocycles. The van der Waals surface area contributed by atoms with Crippen LogP contribution in [0.3, 0.4) is 0 Å². The molecule has 0 aromatic carbocycles. The van der Waals surface area contributed by atoms with Crippen LogP contribution in [0.25, 0.3) is 0 Å². The summed E-state index contributed by atoms with van der Waals surface area (Å²) in [4.78, 5) is 0. The SMILES string of the molecule is CC1(C)O[C@@H]2C3C4CCC(=C(F)F)[C@H](CCC3[C@@]3(C)CC[C@H](O)CC3[C@H]2O1)C4. The molecule has 1 N–H and O–H groups in total. The van der Waals surface area contributed by atoms with Gasteiger partial charge in [0.05, 0.1) is 18.3 Å². The van der Waals surface area contributed by atoms with Crippen molar-refractivity contribution < 1.29 is 23.4 Å². The molecule has 2 bridgehead atoms. The first kappa shape index (κ1) is 19.4. The highest BCUT2D eigenvalue weighted by Crippen LogP contribution is 2.64. The quantitative estimate of drug-likeness (QED) is 0.605. The molecule has 1 heterocycles. The number of hydrogen-bond acceptors (Lipinski definition) is 3. The minimum atomic E-state index is -1.43. The second-order valence-electron chi connectivity index (χ2n) is 10.9. The Hall–Kier alpha value is -0.520. The van der Waals surface area contributed by atoms with E-state index in [-0.39, 0.29) is 35.6 Å². The summed E-state index contributed by atoms with van der Waals surface area (Å²) < 4.78 is 40.0. The Morgan fingerprint density at radius 3 is 2.46 bits per heavy atom. The first-order valence-electron chi connectivity index (χ1n) is 11.3. The molecule has 3 nitrogen and oxygen atoms in total. The van der Waals surface area contributed by atoms with Crippen LogP contribution in [0.15, 0.2) is 11.7 Å². The minimum absolute atomic E-state index is 0.0163. The van der Waals surface area contributed by atoms with Gasteiger partial charge >= 0.3 is 0 Å². The standard InChI is InChI=1S/C23H34F2O3/c1-22(2)27-19-17-11-14(26)8-9-23(17,3)16-7-5-12-10-13(18(16)20(19)28-22)4-6-15(12)21(24)25/h12-14,16-20,26H,4-11H2,1-3H3/t12-,13?,14+,16?,17?,18?,19-,20-,23-/m1/s1. The van der Waals surface area contributed by atoms with Crippen molar-refractivity contribution in [2.45, 2.75) is 96.2 Å². The van der Waals surface area contributed by atoms with Crippen LogP contribution < -0.4 is 0 Å². The van der Waals surface area contributed by atoms with Gasteiger partial charge in [0.2, 0.25) is 0 Å². The van der Waals surface area contributed by atoms with Crippen LogP contribution in [0, 0.1) is 35.0 Å². The summed E-state index contributed by atoms with van der Waals surface area (Å²) in [6, 6.07) is 0. The molecule has 1 saturated heterocycles. The van der Waals surface area contributed by atoms with Gasteiger partial charge in [-0.1, -0.05) is 6.92 Å². The van der Waals surface area contributed by atoms with Gasteiger partial charge in [-0.15, -0.1) is 0 Å². The summed E-state index contributed by atoms with van der Waals surface area (Å²) in [6.45, 7) is 6.39. The van der Waals surface area contributed by atoms with E-state index in [1.165, 1.54) is 0 Å². The fourth-order valence-electron chi connectivity index (χ4n) is 7.97. The van der Waals surface area contributed by atoms with Crippen molar-refractivity contribution in [2.75, 3.05) is 0 Å². The Kier molecular flexibility index (Phi) is 4.50. The van der Waals surface area contributed by atoms with E-state index in [9.17, 15) is 13.9 Å². The summed E-state index contributed by atoms with van der Waals surface area (Å²) >= 11 is 0. The molecule has 28 heavy (non-hydrogen) atoms. The van der Waals surface area contributed by atoms with Crippen LogP contribution in [0.1, 0.15) is 72.1 Å². The Morgan fingerprint density at radius 1 is 0.964 bits per heavy atom. The molecule has 158 valence electrons. The number of ether oxygens (including phenoxy) is 2. The molecule has 0 aromatic rings. The number of allylic oxidation sites excluding steroid dienone is 1. The highest BCUT2D eigenvalue weighted by Gasteiger charge is 2.64. The Morgan fingerprint density at radius 2 is 1.71 bits per heavy atom. The molecule has 5 heteroatoms. The third-order valence-electron chi connectivity index (χ3n) is 9.12. The molecule has 9 atom stereocenters. The molecular formula is C23H34F2O3. The van der Waals surface area contributed by atoms with E-state index in [1.807, 2.05) is 13.8 Å². The molecule has 0 aromatic heterocycles. The molecule has 5 aliphatic rings. The van der Waals surface area contributed by atoms with E-state index in [1.54, 1.807) is 0 Å². The largest absolute Gasteiger partial charge is 0.393 e. The van der Waals surface area contributed by atoms with Gasteiger partial charge in [-0.3, -0.25) is 0 Å². The molecule has 4 aliphatic carbocycles. The van der Waals surface area contributed by atoms with Crippen LogP contribution in [0.5, 0.6) is 0 Å². The monoisotopic (exact) mass is 396 g/mol. The molecule has 5 fully saturated rings. The topological polar surface area (TPSA) is 38.7 Å². The van der Waals surface area contributed by atoms with Gasteiger partial charge < -0.3 is 14.6 Å². The van der Waals surface area contributed by atoms with E-state index < -0.39 is 11.9 Å². The van der Waals surface area contributed by atoms with Crippen molar-refractivity contribution in [1.82, 2.24) is 0 Å². The molecule has 0 amide bonds. The van der Waals surface area contributed by atoms with E-state index in [2.05, 4.69) is 6.92 Å². The maximum Gasteiger partial charge on any atom is 0.269 e. The number of halogens is 2. The predicted octanol–water partition coefficient (Wildman–Crippen LogP) is 5.28. The van der Waals surface area contributed by atoms with E-state index in [4.69, 9.17) is 9.47 Å². The lowest BCUT2D eigenvalue weighted by atomic mass is 9.48. The van der Waals surface area contributed by atoms with Gasteiger partial charge in [0.1, 0.15) is 0 Å². The normalized spacial score (nSPS) is 52.3. The van der Waals surface area contributed by atoms with Crippen molar-refractivity contribution in [3.63, 3.8) is 0 Å². The van der Waals surface area contributed by atoms with Crippen molar-refractivity contribution in [3.05, 3.63) is 11.7 Å². The molecule has 0 radical (unpaired) electrons. The number of hydrogen-bond donors (Lipinski definition) is 1. The van der Waals surface area contributed by atoms with E-state index in [0.717, 1.165) is 44.9 Å². The second-order valence-corrected chi connectivity index (χ2v) is 10.9. The predicted molar refractivity (Wildman–Crippen MR) is 102 cm³/mol.